The Labute approximate surface area is 480 Å². The number of carbonyl (C=O) groups is 6. The number of halogens is 5. The summed E-state index contributed by atoms with van der Waals surface area (Å²) in [5.41, 5.74) is 0.580. The summed E-state index contributed by atoms with van der Waals surface area (Å²) >= 11 is 18.8. The molecule has 424 valence electrons. The Kier molecular flexibility index (Phi) is 20.7. The molecular weight excluding hydrogens is 1180 g/mol. The van der Waals surface area contributed by atoms with Crippen LogP contribution in [0.25, 0.3) is 0 Å². The first-order valence-electron chi connectivity index (χ1n) is 23.6. The van der Waals surface area contributed by atoms with Gasteiger partial charge in [0, 0.05) is 93.8 Å². The van der Waals surface area contributed by atoms with Crippen LogP contribution in [-0.4, -0.2) is 163 Å². The second-order valence-corrected chi connectivity index (χ2v) is 20.9. The summed E-state index contributed by atoms with van der Waals surface area (Å²) in [4.78, 5) is 96.8. The highest BCUT2D eigenvalue weighted by Crippen LogP contribution is 2.39. The smallest absolute Gasteiger partial charge is 0.338 e. The number of alkyl halides is 1. The fourth-order valence-corrected chi connectivity index (χ4v) is 11.9. The Morgan fingerprint density at radius 2 is 1.18 bits per heavy atom. The summed E-state index contributed by atoms with van der Waals surface area (Å²) in [6.07, 6.45) is 5.94. The molecule has 4 N–H and O–H groups in total. The van der Waals surface area contributed by atoms with Crippen LogP contribution in [0.2, 0.25) is 10.0 Å². The average Bonchev–Trinajstić information content (AvgIpc) is 4.37. The van der Waals surface area contributed by atoms with Crippen LogP contribution in [0, 0.1) is 11.6 Å². The summed E-state index contributed by atoms with van der Waals surface area (Å²) < 4.78 is 47.1. The summed E-state index contributed by atoms with van der Waals surface area (Å²) in [7, 11) is 5.21. The van der Waals surface area contributed by atoms with Gasteiger partial charge in [0.15, 0.2) is 32.8 Å². The molecule has 10 rings (SSSR count). The number of nitrogens with one attached hydrogen (secondary N) is 4. The van der Waals surface area contributed by atoms with Crippen molar-refractivity contribution >= 4 is 109 Å². The molecule has 79 heavy (non-hydrogen) atoms. The predicted octanol–water partition coefficient (Wildman–Crippen LogP) is 6.93. The zero-order valence-electron chi connectivity index (χ0n) is 41.6. The Morgan fingerprint density at radius 1 is 0.696 bits per heavy atom. The molecule has 8 heterocycles. The number of piperidine rings is 1. The number of esters is 4. The highest BCUT2D eigenvalue weighted by atomic mass is 79.9. The van der Waals surface area contributed by atoms with Crippen molar-refractivity contribution in [2.45, 2.75) is 57.3 Å². The van der Waals surface area contributed by atoms with E-state index in [0.717, 1.165) is 18.9 Å². The van der Waals surface area contributed by atoms with Gasteiger partial charge in [0.1, 0.15) is 23.7 Å². The first-order chi connectivity index (χ1) is 37.0. The van der Waals surface area contributed by atoms with Gasteiger partial charge in [-0.05, 0) is 43.5 Å². The van der Waals surface area contributed by atoms with E-state index in [0.29, 0.717) is 81.2 Å². The number of fused-ring (bicyclic) bond motifs is 2. The summed E-state index contributed by atoms with van der Waals surface area (Å²) in [6.45, 7) is 2.21. The molecule has 0 bridgehead atoms. The fourth-order valence-electron chi connectivity index (χ4n) is 9.77. The van der Waals surface area contributed by atoms with Crippen LogP contribution >= 0.6 is 61.8 Å². The number of aliphatic imine (C=N–C) groups is 2. The number of rotatable bonds is 11. The van der Waals surface area contributed by atoms with E-state index in [1.807, 2.05) is 10.3 Å². The molecule has 6 aliphatic rings. The number of amides is 4. The number of hydrogen-bond acceptors (Lipinski definition) is 19. The van der Waals surface area contributed by atoms with Crippen LogP contribution in [0.3, 0.4) is 0 Å². The second kappa shape index (κ2) is 26.6. The minimum Gasteiger partial charge on any atom is -0.467 e. The van der Waals surface area contributed by atoms with E-state index in [-0.39, 0.29) is 74.7 Å². The highest BCUT2D eigenvalue weighted by molar-refractivity contribution is 9.09. The molecule has 4 atom stereocenters. The van der Waals surface area contributed by atoms with E-state index >= 15 is 0 Å². The number of aromatic nitrogens is 2. The second-order valence-electron chi connectivity index (χ2n) is 17.8. The van der Waals surface area contributed by atoms with Gasteiger partial charge in [-0.15, -0.1) is 22.7 Å². The van der Waals surface area contributed by atoms with Crippen LogP contribution in [-0.2, 0) is 38.1 Å². The van der Waals surface area contributed by atoms with E-state index in [1.54, 1.807) is 22.7 Å². The standard InChI is InChI=1S/C24H24ClFN6O5S.C16H12BrClFN3O2S.C9H14N2O3.2CH4/c1-36-21(33)17-16(10-31-6-7-32-23(35)28-11-24(32,12-31)22(34)37-2)29-19(20-27-5-8-38-20)30-18(17)14-4-3-13(26)9-15(14)25;1-24-16(23)12-11(7-17)21-14(15-20-4-5-25-15)22-13(12)9-3-2-8(19)6-10(9)18;1-14-7(12)9-4-2-3-5-11(9)8(13)10-6-9;;/h3-5,8-9,18H,6-7,10-12H2,1-2H3,(H,28,35)(H,29,30);2-6,13H,7H2,1H3,(H,21,22);2-6H2,1H3,(H,10,13);2*1H4/t18-,24?;13-;;;/m00.../s1. The topological polar surface area (TPSA) is 248 Å². The van der Waals surface area contributed by atoms with Gasteiger partial charge in [-0.2, -0.15) is 0 Å². The molecule has 2 aromatic heterocycles. The van der Waals surface area contributed by atoms with Gasteiger partial charge < -0.3 is 50.0 Å². The van der Waals surface area contributed by atoms with Crippen molar-refractivity contribution in [1.82, 2.24) is 45.9 Å². The third kappa shape index (κ3) is 12.6. The monoisotopic (exact) mass is 1240 g/mol. The molecule has 4 amide bonds. The van der Waals surface area contributed by atoms with Crippen molar-refractivity contribution in [1.29, 1.82) is 0 Å². The maximum Gasteiger partial charge on any atom is 0.338 e. The van der Waals surface area contributed by atoms with Crippen LogP contribution in [0.4, 0.5) is 18.4 Å². The van der Waals surface area contributed by atoms with E-state index in [4.69, 9.17) is 47.1 Å². The average molecular weight is 1240 g/mol. The molecule has 0 saturated carbocycles. The quantitative estimate of drug-likeness (QED) is 0.0675. The third-order valence-corrected chi connectivity index (χ3v) is 16.2. The number of carbonyl (C=O) groups excluding carboxylic acids is 6. The van der Waals surface area contributed by atoms with Crippen LogP contribution in [0.15, 0.2) is 92.1 Å². The van der Waals surface area contributed by atoms with E-state index < -0.39 is 52.7 Å². The molecule has 0 spiro atoms. The lowest BCUT2D eigenvalue weighted by atomic mass is 9.88. The number of urea groups is 2. The minimum absolute atomic E-state index is 0. The van der Waals surface area contributed by atoms with Gasteiger partial charge in [-0.25, -0.2) is 47.5 Å². The molecule has 4 fully saturated rings. The maximum atomic E-state index is 13.9. The number of allylic oxidation sites excluding steroid dienone is 1. The van der Waals surface area contributed by atoms with Crippen molar-refractivity contribution in [2.24, 2.45) is 9.98 Å². The first kappa shape index (κ1) is 61.6. The normalized spacial score (nSPS) is 22.1. The molecule has 6 aliphatic heterocycles. The largest absolute Gasteiger partial charge is 0.467 e. The summed E-state index contributed by atoms with van der Waals surface area (Å²) in [6, 6.07) is 5.79. The van der Waals surface area contributed by atoms with Crippen molar-refractivity contribution < 1.29 is 56.5 Å². The number of thiazole rings is 2. The Balaban J connectivity index is 0.000000211. The van der Waals surface area contributed by atoms with Gasteiger partial charge >= 0.3 is 35.9 Å². The zero-order chi connectivity index (χ0) is 55.2. The van der Waals surface area contributed by atoms with Crippen molar-refractivity contribution in [2.75, 3.05) is 79.6 Å². The number of nitrogens with zero attached hydrogens (tertiary/aromatic N) is 7. The number of piperazine rings is 1. The maximum absolute atomic E-state index is 13.9. The Hall–Kier alpha value is -6.58. The molecule has 4 aromatic rings. The molecule has 28 heteroatoms. The number of benzene rings is 2. The first-order valence-corrected chi connectivity index (χ1v) is 27.2. The van der Waals surface area contributed by atoms with Crippen LogP contribution in [0.1, 0.15) is 67.3 Å². The fraction of sp³-hybridized carbons (Fsp3) is 0.412. The van der Waals surface area contributed by atoms with Crippen molar-refractivity contribution in [3.63, 3.8) is 0 Å². The number of hydrogen-bond donors (Lipinski definition) is 4. The van der Waals surface area contributed by atoms with Gasteiger partial charge in [-0.1, -0.05) is 66.1 Å². The SMILES string of the molecule is C.C.COC(=O)C12CCCCN1C(=O)NC2.COC(=O)C1=C(CBr)NC(c2nccs2)=N[C@H]1c1ccc(F)cc1Cl.COC(=O)C1=C(CN2CCN3C(=O)NCC3(C(=O)OC)C2)NC(c2nccs2)=N[C@H]1c1ccc(F)cc1Cl. The lowest BCUT2D eigenvalue weighted by Gasteiger charge is -2.44. The van der Waals surface area contributed by atoms with E-state index in [2.05, 4.69) is 52.2 Å². The summed E-state index contributed by atoms with van der Waals surface area (Å²) in [5, 5.41) is 17.3. The number of ether oxygens (including phenoxy) is 4. The molecule has 4 saturated heterocycles. The van der Waals surface area contributed by atoms with E-state index in [9.17, 15) is 37.5 Å². The molecule has 0 radical (unpaired) electrons. The van der Waals surface area contributed by atoms with Crippen molar-refractivity contribution in [3.05, 3.63) is 125 Å². The highest BCUT2D eigenvalue weighted by Gasteiger charge is 2.56. The molecule has 2 unspecified atom stereocenters. The predicted molar refractivity (Wildman–Crippen MR) is 297 cm³/mol. The Bertz CT molecular complexity index is 3080. The molecule has 21 nitrogen and oxygen atoms in total. The zero-order valence-corrected chi connectivity index (χ0v) is 46.4. The molecular formula is C51H58BrCl2F2N11O10S2. The molecule has 0 aliphatic carbocycles. The third-order valence-electron chi connectivity index (χ3n) is 13.4. The van der Waals surface area contributed by atoms with E-state index in [1.165, 1.54) is 86.3 Å². The summed E-state index contributed by atoms with van der Waals surface area (Å²) in [5.74, 6) is -2.05. The minimum atomic E-state index is -1.20. The van der Waals surface area contributed by atoms with Gasteiger partial charge in [0.05, 0.1) is 52.7 Å². The number of methoxy groups -OCH3 is 4. The van der Waals surface area contributed by atoms with Gasteiger partial charge in [0.2, 0.25) is 0 Å². The van der Waals surface area contributed by atoms with Crippen molar-refractivity contribution in [3.8, 4) is 0 Å². The lowest BCUT2D eigenvalue weighted by molar-refractivity contribution is -0.155. The van der Waals surface area contributed by atoms with Gasteiger partial charge in [-0.3, -0.25) is 14.9 Å². The van der Waals surface area contributed by atoms with Crippen LogP contribution < -0.4 is 21.3 Å². The van der Waals surface area contributed by atoms with Crippen LogP contribution in [0.5, 0.6) is 0 Å². The van der Waals surface area contributed by atoms with Gasteiger partial charge in [0.25, 0.3) is 0 Å². The lowest BCUT2D eigenvalue weighted by Crippen LogP contribution is -2.66. The molecule has 2 aromatic carbocycles. The number of amidine groups is 2. The Morgan fingerprint density at radius 3 is 1.65 bits per heavy atom.